The number of ether oxygens (including phenoxy) is 1. The first-order chi connectivity index (χ1) is 16.9. The maximum absolute atomic E-state index is 14.0. The van der Waals surface area contributed by atoms with Crippen molar-refractivity contribution in [2.45, 2.75) is 19.3 Å². The highest BCUT2D eigenvalue weighted by molar-refractivity contribution is 5.95. The van der Waals surface area contributed by atoms with Crippen LogP contribution in [0.4, 0.5) is 14.9 Å². The summed E-state index contributed by atoms with van der Waals surface area (Å²) in [5.74, 6) is -3.26. The number of nitrogens with one attached hydrogen (secondary N) is 2. The van der Waals surface area contributed by atoms with Crippen molar-refractivity contribution in [3.63, 3.8) is 0 Å². The van der Waals surface area contributed by atoms with Crippen LogP contribution in [0.15, 0.2) is 66.7 Å². The van der Waals surface area contributed by atoms with Crippen molar-refractivity contribution in [1.82, 2.24) is 5.32 Å². The molecular formula is C27H25FN2O5. The molecule has 1 unspecified atom stereocenters. The molecule has 0 fully saturated rings. The van der Waals surface area contributed by atoms with E-state index in [1.807, 2.05) is 48.5 Å². The molecule has 3 aromatic rings. The molecule has 4 rings (SSSR count). The molecule has 180 valence electrons. The monoisotopic (exact) mass is 476 g/mol. The van der Waals surface area contributed by atoms with Crippen LogP contribution < -0.4 is 10.6 Å². The highest BCUT2D eigenvalue weighted by Crippen LogP contribution is 2.44. The minimum Gasteiger partial charge on any atom is -0.478 e. The predicted molar refractivity (Wildman–Crippen MR) is 129 cm³/mol. The third-order valence-corrected chi connectivity index (χ3v) is 6.17. The van der Waals surface area contributed by atoms with Gasteiger partial charge < -0.3 is 20.5 Å². The van der Waals surface area contributed by atoms with Crippen molar-refractivity contribution < 1.29 is 28.6 Å². The number of alkyl carbamates (subject to hydrolysis) is 1. The lowest BCUT2D eigenvalue weighted by Gasteiger charge is -2.18. The third-order valence-electron chi connectivity index (χ3n) is 6.17. The van der Waals surface area contributed by atoms with E-state index in [0.717, 1.165) is 40.5 Å². The van der Waals surface area contributed by atoms with Gasteiger partial charge in [0.25, 0.3) is 0 Å². The zero-order valence-electron chi connectivity index (χ0n) is 19.1. The molecule has 8 heteroatoms. The van der Waals surface area contributed by atoms with Crippen LogP contribution in [-0.2, 0) is 9.53 Å². The van der Waals surface area contributed by atoms with Gasteiger partial charge in [-0.15, -0.1) is 0 Å². The lowest BCUT2D eigenvalue weighted by atomic mass is 9.98. The fraction of sp³-hybridized carbons (Fsp3) is 0.222. The van der Waals surface area contributed by atoms with E-state index in [0.29, 0.717) is 6.42 Å². The van der Waals surface area contributed by atoms with Gasteiger partial charge in [-0.2, -0.15) is 0 Å². The highest BCUT2D eigenvalue weighted by Gasteiger charge is 2.29. The molecule has 35 heavy (non-hydrogen) atoms. The topological polar surface area (TPSA) is 105 Å². The second-order valence-electron chi connectivity index (χ2n) is 8.30. The quantitative estimate of drug-likeness (QED) is 0.423. The van der Waals surface area contributed by atoms with Gasteiger partial charge in [-0.3, -0.25) is 4.79 Å². The van der Waals surface area contributed by atoms with Crippen molar-refractivity contribution >= 4 is 23.7 Å². The van der Waals surface area contributed by atoms with Gasteiger partial charge in [0.1, 0.15) is 12.4 Å². The smallest absolute Gasteiger partial charge is 0.407 e. The Bertz CT molecular complexity index is 1230. The summed E-state index contributed by atoms with van der Waals surface area (Å²) in [5, 5.41) is 14.1. The minimum atomic E-state index is -1.23. The summed E-state index contributed by atoms with van der Waals surface area (Å²) in [6.45, 7) is 1.89. The van der Waals surface area contributed by atoms with Crippen LogP contribution in [-0.4, -0.2) is 36.2 Å². The molecule has 7 nitrogen and oxygen atoms in total. The Morgan fingerprint density at radius 1 is 1.00 bits per heavy atom. The summed E-state index contributed by atoms with van der Waals surface area (Å²) in [7, 11) is 0. The summed E-state index contributed by atoms with van der Waals surface area (Å²) in [6, 6.07) is 19.2. The lowest BCUT2D eigenvalue weighted by molar-refractivity contribution is -0.119. The molecule has 0 heterocycles. The fourth-order valence-electron chi connectivity index (χ4n) is 4.27. The second kappa shape index (κ2) is 10.4. The van der Waals surface area contributed by atoms with Crippen LogP contribution in [0.1, 0.15) is 40.7 Å². The molecule has 1 aliphatic rings. The molecule has 0 aliphatic heterocycles. The Labute approximate surface area is 201 Å². The van der Waals surface area contributed by atoms with Gasteiger partial charge in [0.05, 0.1) is 17.2 Å². The number of benzene rings is 3. The first-order valence-corrected chi connectivity index (χ1v) is 11.3. The summed E-state index contributed by atoms with van der Waals surface area (Å²) in [5.41, 5.74) is 4.06. The standard InChI is InChI=1S/C27H25FN2O5/c1-2-16(25(31)30-24-13-17(26(32)33)11-12-23(24)28)14-29-27(34)35-15-22-20-9-5-3-7-18(20)19-8-4-6-10-21(19)22/h3-13,16,22H,2,14-15H2,1H3,(H,29,34)(H,30,31)(H,32,33). The molecule has 2 amide bonds. The molecule has 3 aromatic carbocycles. The average Bonchev–Trinajstić information content (AvgIpc) is 3.18. The molecule has 3 N–H and O–H groups in total. The SMILES string of the molecule is CCC(CNC(=O)OCC1c2ccccc2-c2ccccc21)C(=O)Nc1cc(C(=O)O)ccc1F. The van der Waals surface area contributed by atoms with E-state index in [1.165, 1.54) is 0 Å². The molecular weight excluding hydrogens is 451 g/mol. The zero-order chi connectivity index (χ0) is 24.9. The number of carboxylic acid groups (broad SMARTS) is 1. The predicted octanol–water partition coefficient (Wildman–Crippen LogP) is 5.03. The molecule has 1 atom stereocenters. The Morgan fingerprint density at radius 2 is 1.63 bits per heavy atom. The third kappa shape index (κ3) is 5.16. The largest absolute Gasteiger partial charge is 0.478 e. The first-order valence-electron chi connectivity index (χ1n) is 11.3. The number of aromatic carboxylic acids is 1. The minimum absolute atomic E-state index is 0.0146. The Balaban J connectivity index is 1.34. The Kier molecular flexibility index (Phi) is 7.10. The molecule has 1 aliphatic carbocycles. The van der Waals surface area contributed by atoms with Crippen LogP contribution in [0, 0.1) is 11.7 Å². The number of hydrogen-bond acceptors (Lipinski definition) is 4. The summed E-state index contributed by atoms with van der Waals surface area (Å²) in [4.78, 5) is 36.1. The summed E-state index contributed by atoms with van der Waals surface area (Å²) in [6.07, 6.45) is -0.285. The summed E-state index contributed by atoms with van der Waals surface area (Å²) >= 11 is 0. The fourth-order valence-corrected chi connectivity index (χ4v) is 4.27. The number of hydrogen-bond donors (Lipinski definition) is 3. The summed E-state index contributed by atoms with van der Waals surface area (Å²) < 4.78 is 19.5. The van der Waals surface area contributed by atoms with Gasteiger partial charge in [-0.25, -0.2) is 14.0 Å². The number of fused-ring (bicyclic) bond motifs is 3. The van der Waals surface area contributed by atoms with E-state index < -0.39 is 29.7 Å². The lowest BCUT2D eigenvalue weighted by Crippen LogP contribution is -2.36. The van der Waals surface area contributed by atoms with Crippen LogP contribution >= 0.6 is 0 Å². The van der Waals surface area contributed by atoms with E-state index in [-0.39, 0.29) is 30.3 Å². The van der Waals surface area contributed by atoms with Crippen molar-refractivity contribution in [3.8, 4) is 11.1 Å². The molecule has 0 saturated heterocycles. The van der Waals surface area contributed by atoms with Crippen molar-refractivity contribution in [2.24, 2.45) is 5.92 Å². The normalized spacial score (nSPS) is 12.9. The van der Waals surface area contributed by atoms with E-state index in [4.69, 9.17) is 9.84 Å². The maximum atomic E-state index is 14.0. The van der Waals surface area contributed by atoms with E-state index >= 15 is 0 Å². The molecule has 0 aromatic heterocycles. The van der Waals surface area contributed by atoms with E-state index in [1.54, 1.807) is 6.92 Å². The Hall–Kier alpha value is -4.20. The van der Waals surface area contributed by atoms with E-state index in [2.05, 4.69) is 10.6 Å². The number of amides is 2. The van der Waals surface area contributed by atoms with Crippen LogP contribution in [0.3, 0.4) is 0 Å². The van der Waals surface area contributed by atoms with Gasteiger partial charge in [0, 0.05) is 12.5 Å². The highest BCUT2D eigenvalue weighted by atomic mass is 19.1. The van der Waals surface area contributed by atoms with Crippen LogP contribution in [0.2, 0.25) is 0 Å². The Morgan fingerprint density at radius 3 is 2.23 bits per heavy atom. The number of carbonyl (C=O) groups excluding carboxylic acids is 2. The maximum Gasteiger partial charge on any atom is 0.407 e. The average molecular weight is 477 g/mol. The number of carboxylic acids is 1. The number of halogens is 1. The molecule has 0 radical (unpaired) electrons. The van der Waals surface area contributed by atoms with Gasteiger partial charge in [0.15, 0.2) is 0 Å². The number of carbonyl (C=O) groups is 3. The second-order valence-corrected chi connectivity index (χ2v) is 8.30. The molecule has 0 spiro atoms. The van der Waals surface area contributed by atoms with Gasteiger partial charge in [-0.05, 0) is 46.9 Å². The van der Waals surface area contributed by atoms with Gasteiger partial charge >= 0.3 is 12.1 Å². The van der Waals surface area contributed by atoms with Gasteiger partial charge in [0.2, 0.25) is 5.91 Å². The molecule has 0 bridgehead atoms. The van der Waals surface area contributed by atoms with Crippen molar-refractivity contribution in [2.75, 3.05) is 18.5 Å². The van der Waals surface area contributed by atoms with Crippen LogP contribution in [0.25, 0.3) is 11.1 Å². The zero-order valence-corrected chi connectivity index (χ0v) is 19.1. The van der Waals surface area contributed by atoms with Crippen molar-refractivity contribution in [3.05, 3.63) is 89.2 Å². The van der Waals surface area contributed by atoms with Crippen molar-refractivity contribution in [1.29, 1.82) is 0 Å². The number of rotatable bonds is 8. The number of anilines is 1. The van der Waals surface area contributed by atoms with E-state index in [9.17, 15) is 18.8 Å². The van der Waals surface area contributed by atoms with Gasteiger partial charge in [-0.1, -0.05) is 55.5 Å². The first kappa shape index (κ1) is 23.9. The molecule has 0 saturated carbocycles. The van der Waals surface area contributed by atoms with Crippen LogP contribution in [0.5, 0.6) is 0 Å².